The fourth-order valence-electron chi connectivity index (χ4n) is 0.990. The zero-order valence-corrected chi connectivity index (χ0v) is 7.99. The fourth-order valence-corrected chi connectivity index (χ4v) is 0.990. The molecule has 0 radical (unpaired) electrons. The van der Waals surface area contributed by atoms with Crippen molar-refractivity contribution in [1.82, 2.24) is 4.98 Å². The Morgan fingerprint density at radius 2 is 2.43 bits per heavy atom. The van der Waals surface area contributed by atoms with E-state index in [0.717, 1.165) is 5.69 Å². The van der Waals surface area contributed by atoms with Crippen LogP contribution in [0.15, 0.2) is 12.1 Å². The van der Waals surface area contributed by atoms with E-state index in [-0.39, 0.29) is 0 Å². The van der Waals surface area contributed by atoms with Gasteiger partial charge in [-0.05, 0) is 19.1 Å². The molecule has 0 aliphatic rings. The molecule has 3 nitrogen and oxygen atoms in total. The largest absolute Gasteiger partial charge is 0.490 e. The van der Waals surface area contributed by atoms with Crippen LogP contribution < -0.4 is 4.74 Å². The summed E-state index contributed by atoms with van der Waals surface area (Å²) in [4.78, 5) is 14.7. The highest BCUT2D eigenvalue weighted by atomic mass is 16.5. The van der Waals surface area contributed by atoms with Crippen molar-refractivity contribution in [1.29, 1.82) is 0 Å². The molecule has 0 bridgehead atoms. The molecule has 1 rings (SSSR count). The van der Waals surface area contributed by atoms with E-state index in [0.29, 0.717) is 30.8 Å². The fraction of sp³-hybridized carbons (Fsp3) is 0.273. The summed E-state index contributed by atoms with van der Waals surface area (Å²) in [5.41, 5.74) is 1.11. The van der Waals surface area contributed by atoms with Gasteiger partial charge in [0.2, 0.25) is 0 Å². The van der Waals surface area contributed by atoms with Crippen molar-refractivity contribution in [3.63, 3.8) is 0 Å². The molecule has 14 heavy (non-hydrogen) atoms. The molecule has 0 saturated heterocycles. The van der Waals surface area contributed by atoms with E-state index in [2.05, 4.69) is 10.9 Å². The highest BCUT2D eigenvalue weighted by Crippen LogP contribution is 2.14. The molecule has 0 aliphatic carbocycles. The Hall–Kier alpha value is -1.82. The summed E-state index contributed by atoms with van der Waals surface area (Å²) < 4.78 is 5.29. The number of aromatic nitrogens is 1. The molecule has 0 amide bonds. The van der Waals surface area contributed by atoms with Crippen molar-refractivity contribution < 1.29 is 9.53 Å². The van der Waals surface area contributed by atoms with Crippen molar-refractivity contribution in [2.24, 2.45) is 0 Å². The maximum absolute atomic E-state index is 10.6. The van der Waals surface area contributed by atoms with Gasteiger partial charge in [-0.1, -0.05) is 0 Å². The molecule has 0 unspecified atom stereocenters. The SMILES string of the molecule is C#CCCOc1ccc(C)nc1C=O. The van der Waals surface area contributed by atoms with Crippen LogP contribution in [0.5, 0.6) is 5.75 Å². The molecule has 0 aromatic carbocycles. The third-order valence-electron chi connectivity index (χ3n) is 1.64. The lowest BCUT2D eigenvalue weighted by atomic mass is 10.3. The topological polar surface area (TPSA) is 39.2 Å². The van der Waals surface area contributed by atoms with Crippen LogP contribution in [0.4, 0.5) is 0 Å². The van der Waals surface area contributed by atoms with E-state index in [1.54, 1.807) is 12.1 Å². The van der Waals surface area contributed by atoms with Crippen LogP contribution in [0.3, 0.4) is 0 Å². The van der Waals surface area contributed by atoms with Gasteiger partial charge in [-0.2, -0.15) is 0 Å². The Balaban J connectivity index is 2.76. The van der Waals surface area contributed by atoms with Crippen LogP contribution in [0.25, 0.3) is 0 Å². The van der Waals surface area contributed by atoms with Gasteiger partial charge in [0.1, 0.15) is 11.4 Å². The van der Waals surface area contributed by atoms with Gasteiger partial charge in [-0.3, -0.25) is 4.79 Å². The van der Waals surface area contributed by atoms with Gasteiger partial charge >= 0.3 is 0 Å². The first kappa shape index (κ1) is 10.3. The number of hydrogen-bond acceptors (Lipinski definition) is 3. The standard InChI is InChI=1S/C11H11NO2/c1-3-4-7-14-11-6-5-9(2)12-10(11)8-13/h1,5-6,8H,4,7H2,2H3. The Kier molecular flexibility index (Phi) is 3.69. The lowest BCUT2D eigenvalue weighted by Crippen LogP contribution is -2.01. The van der Waals surface area contributed by atoms with Crippen molar-refractivity contribution in [2.75, 3.05) is 6.61 Å². The summed E-state index contributed by atoms with van der Waals surface area (Å²) in [6.45, 7) is 2.22. The number of ether oxygens (including phenoxy) is 1. The number of aldehydes is 1. The monoisotopic (exact) mass is 189 g/mol. The minimum atomic E-state index is 0.321. The number of hydrogen-bond donors (Lipinski definition) is 0. The smallest absolute Gasteiger partial charge is 0.172 e. The zero-order chi connectivity index (χ0) is 10.4. The Morgan fingerprint density at radius 3 is 3.07 bits per heavy atom. The van der Waals surface area contributed by atoms with Crippen molar-refractivity contribution in [3.05, 3.63) is 23.5 Å². The van der Waals surface area contributed by atoms with Crippen LogP contribution >= 0.6 is 0 Å². The molecule has 3 heteroatoms. The molecule has 0 fully saturated rings. The number of nitrogens with zero attached hydrogens (tertiary/aromatic N) is 1. The van der Waals surface area contributed by atoms with Crippen LogP contribution in [-0.2, 0) is 0 Å². The third-order valence-corrected chi connectivity index (χ3v) is 1.64. The van der Waals surface area contributed by atoms with Gasteiger partial charge in [0.15, 0.2) is 6.29 Å². The van der Waals surface area contributed by atoms with Gasteiger partial charge in [-0.25, -0.2) is 4.98 Å². The second kappa shape index (κ2) is 5.03. The number of pyridine rings is 1. The number of terminal acetylenes is 1. The van der Waals surface area contributed by atoms with Gasteiger partial charge in [0, 0.05) is 12.1 Å². The van der Waals surface area contributed by atoms with E-state index in [1.165, 1.54) is 0 Å². The van der Waals surface area contributed by atoms with E-state index in [9.17, 15) is 4.79 Å². The van der Waals surface area contributed by atoms with Crippen LogP contribution in [-0.4, -0.2) is 17.9 Å². The number of rotatable bonds is 4. The predicted octanol–water partition coefficient (Wildman–Crippen LogP) is 1.60. The number of carbonyl (C=O) groups is 1. The summed E-state index contributed by atoms with van der Waals surface area (Å²) in [5, 5.41) is 0. The molecule has 72 valence electrons. The summed E-state index contributed by atoms with van der Waals surface area (Å²) in [6, 6.07) is 3.51. The minimum Gasteiger partial charge on any atom is -0.490 e. The van der Waals surface area contributed by atoms with Gasteiger partial charge in [0.05, 0.1) is 6.61 Å². The Morgan fingerprint density at radius 1 is 1.64 bits per heavy atom. The maximum atomic E-state index is 10.6. The molecule has 0 aliphatic heterocycles. The molecule has 1 aromatic rings. The van der Waals surface area contributed by atoms with Crippen LogP contribution in [0.2, 0.25) is 0 Å². The quantitative estimate of drug-likeness (QED) is 0.410. The van der Waals surface area contributed by atoms with E-state index in [4.69, 9.17) is 11.2 Å². The summed E-state index contributed by atoms with van der Waals surface area (Å²) in [6.07, 6.45) is 6.27. The van der Waals surface area contributed by atoms with Gasteiger partial charge in [0.25, 0.3) is 0 Å². The summed E-state index contributed by atoms with van der Waals surface area (Å²) in [5.74, 6) is 2.94. The average molecular weight is 189 g/mol. The Bertz CT molecular complexity index is 366. The highest BCUT2D eigenvalue weighted by molar-refractivity contribution is 5.76. The first-order chi connectivity index (χ1) is 6.77. The maximum Gasteiger partial charge on any atom is 0.172 e. The van der Waals surface area contributed by atoms with Crippen LogP contribution in [0.1, 0.15) is 22.6 Å². The van der Waals surface area contributed by atoms with E-state index in [1.807, 2.05) is 6.92 Å². The molecule has 1 heterocycles. The first-order valence-electron chi connectivity index (χ1n) is 4.27. The average Bonchev–Trinajstić information content (AvgIpc) is 2.20. The second-order valence-corrected chi connectivity index (χ2v) is 2.76. The molecule has 0 spiro atoms. The molecule has 0 N–H and O–H groups in total. The highest BCUT2D eigenvalue weighted by Gasteiger charge is 2.03. The van der Waals surface area contributed by atoms with Crippen molar-refractivity contribution in [2.45, 2.75) is 13.3 Å². The first-order valence-corrected chi connectivity index (χ1v) is 4.27. The molecular weight excluding hydrogens is 178 g/mol. The number of aryl methyl sites for hydroxylation is 1. The molecular formula is C11H11NO2. The molecule has 1 aromatic heterocycles. The summed E-state index contributed by atoms with van der Waals surface area (Å²) in [7, 11) is 0. The van der Waals surface area contributed by atoms with Gasteiger partial charge in [-0.15, -0.1) is 12.3 Å². The summed E-state index contributed by atoms with van der Waals surface area (Å²) >= 11 is 0. The molecule has 0 saturated carbocycles. The lowest BCUT2D eigenvalue weighted by Gasteiger charge is -2.06. The molecule has 0 atom stereocenters. The van der Waals surface area contributed by atoms with E-state index >= 15 is 0 Å². The lowest BCUT2D eigenvalue weighted by molar-refractivity contribution is 0.111. The van der Waals surface area contributed by atoms with Gasteiger partial charge < -0.3 is 4.74 Å². The zero-order valence-electron chi connectivity index (χ0n) is 7.99. The third kappa shape index (κ3) is 2.60. The number of carbonyl (C=O) groups excluding carboxylic acids is 1. The normalized spacial score (nSPS) is 9.14. The second-order valence-electron chi connectivity index (χ2n) is 2.76. The van der Waals surface area contributed by atoms with Crippen molar-refractivity contribution in [3.8, 4) is 18.1 Å². The minimum absolute atomic E-state index is 0.321. The Labute approximate surface area is 83.1 Å². The van der Waals surface area contributed by atoms with Crippen molar-refractivity contribution >= 4 is 6.29 Å². The van der Waals surface area contributed by atoms with E-state index < -0.39 is 0 Å². The van der Waals surface area contributed by atoms with Crippen LogP contribution in [0, 0.1) is 19.3 Å². The predicted molar refractivity (Wildman–Crippen MR) is 53.3 cm³/mol.